The molecule has 0 aliphatic rings. The molecule has 3 aromatic rings. The molecule has 24 heavy (non-hydrogen) atoms. The highest BCUT2D eigenvalue weighted by Gasteiger charge is 2.09. The highest BCUT2D eigenvalue weighted by Crippen LogP contribution is 2.24. The van der Waals surface area contributed by atoms with Crippen molar-refractivity contribution in [1.29, 1.82) is 0 Å². The fourth-order valence-corrected chi connectivity index (χ4v) is 2.34. The van der Waals surface area contributed by atoms with E-state index in [1.54, 1.807) is 11.7 Å². The SMILES string of the molecule is CNc1c(Cl)ncnc1NCCNc1nnnn1-c1ccccc1. The minimum Gasteiger partial charge on any atom is -0.383 e. The van der Waals surface area contributed by atoms with E-state index in [0.29, 0.717) is 35.7 Å². The van der Waals surface area contributed by atoms with E-state index in [1.807, 2.05) is 30.3 Å². The Morgan fingerprint density at radius 3 is 2.67 bits per heavy atom. The first-order valence-corrected chi connectivity index (χ1v) is 7.67. The molecular weight excluding hydrogens is 330 g/mol. The zero-order valence-electron chi connectivity index (χ0n) is 12.9. The summed E-state index contributed by atoms with van der Waals surface area (Å²) >= 11 is 6.01. The number of halogens is 1. The molecule has 0 atom stereocenters. The fraction of sp³-hybridized carbons (Fsp3) is 0.214. The van der Waals surface area contributed by atoms with Gasteiger partial charge in [0.15, 0.2) is 11.0 Å². The number of nitrogens with one attached hydrogen (secondary N) is 3. The third kappa shape index (κ3) is 3.51. The second kappa shape index (κ2) is 7.55. The molecule has 0 aliphatic heterocycles. The molecule has 0 amide bonds. The molecule has 0 bridgehead atoms. The van der Waals surface area contributed by atoms with Gasteiger partial charge < -0.3 is 16.0 Å². The summed E-state index contributed by atoms with van der Waals surface area (Å²) in [5.74, 6) is 1.21. The van der Waals surface area contributed by atoms with Gasteiger partial charge in [-0.05, 0) is 22.6 Å². The molecule has 124 valence electrons. The van der Waals surface area contributed by atoms with Gasteiger partial charge in [-0.3, -0.25) is 0 Å². The van der Waals surface area contributed by atoms with Crippen molar-refractivity contribution in [3.05, 3.63) is 41.8 Å². The third-order valence-electron chi connectivity index (χ3n) is 3.22. The van der Waals surface area contributed by atoms with Crippen LogP contribution in [0.1, 0.15) is 0 Å². The summed E-state index contributed by atoms with van der Waals surface area (Å²) in [6.45, 7) is 1.20. The predicted molar refractivity (Wildman–Crippen MR) is 92.7 cm³/mol. The standard InChI is InChI=1S/C14H16ClN9/c1-16-11-12(15)19-9-20-13(11)17-7-8-18-14-21-22-23-24(14)10-5-3-2-4-6-10/h2-6,9,16H,7-8H2,1H3,(H,17,19,20)(H,18,21,23). The minimum absolute atomic E-state index is 0.371. The molecule has 2 heterocycles. The largest absolute Gasteiger partial charge is 0.383 e. The molecule has 0 unspecified atom stereocenters. The van der Waals surface area contributed by atoms with E-state index in [1.165, 1.54) is 6.33 Å². The summed E-state index contributed by atoms with van der Waals surface area (Å²) in [6.07, 6.45) is 1.41. The van der Waals surface area contributed by atoms with Gasteiger partial charge in [-0.1, -0.05) is 34.9 Å². The molecule has 0 fully saturated rings. The number of para-hydroxylation sites is 1. The van der Waals surface area contributed by atoms with Crippen LogP contribution in [0.15, 0.2) is 36.7 Å². The summed E-state index contributed by atoms with van der Waals surface area (Å²) in [7, 11) is 1.77. The first-order chi connectivity index (χ1) is 11.8. The summed E-state index contributed by atoms with van der Waals surface area (Å²) < 4.78 is 1.64. The van der Waals surface area contributed by atoms with Gasteiger partial charge in [0, 0.05) is 20.1 Å². The number of tetrazole rings is 1. The lowest BCUT2D eigenvalue weighted by molar-refractivity contribution is 0.789. The van der Waals surface area contributed by atoms with E-state index in [-0.39, 0.29) is 0 Å². The van der Waals surface area contributed by atoms with Crippen LogP contribution in [0.3, 0.4) is 0 Å². The Hall–Kier alpha value is -2.94. The van der Waals surface area contributed by atoms with Crippen LogP contribution >= 0.6 is 11.6 Å². The van der Waals surface area contributed by atoms with Crippen LogP contribution in [0, 0.1) is 0 Å². The molecule has 0 aliphatic carbocycles. The van der Waals surface area contributed by atoms with E-state index in [0.717, 1.165) is 5.69 Å². The number of hydrogen-bond acceptors (Lipinski definition) is 8. The highest BCUT2D eigenvalue weighted by atomic mass is 35.5. The van der Waals surface area contributed by atoms with Gasteiger partial charge in [-0.15, -0.1) is 0 Å². The second-order valence-corrected chi connectivity index (χ2v) is 5.10. The normalized spacial score (nSPS) is 10.4. The average molecular weight is 346 g/mol. The van der Waals surface area contributed by atoms with Crippen LogP contribution in [-0.2, 0) is 0 Å². The molecular formula is C14H16ClN9. The van der Waals surface area contributed by atoms with Crippen LogP contribution in [0.4, 0.5) is 17.5 Å². The van der Waals surface area contributed by atoms with Crippen LogP contribution in [0.2, 0.25) is 5.15 Å². The quantitative estimate of drug-likeness (QED) is 0.438. The lowest BCUT2D eigenvalue weighted by atomic mass is 10.3. The maximum Gasteiger partial charge on any atom is 0.247 e. The monoisotopic (exact) mass is 345 g/mol. The number of rotatable bonds is 7. The molecule has 0 spiro atoms. The van der Waals surface area contributed by atoms with Crippen LogP contribution in [0.25, 0.3) is 5.69 Å². The average Bonchev–Trinajstić information content (AvgIpc) is 3.08. The van der Waals surface area contributed by atoms with Gasteiger partial charge in [-0.25, -0.2) is 9.97 Å². The number of nitrogens with zero attached hydrogens (tertiary/aromatic N) is 6. The molecule has 2 aromatic heterocycles. The molecule has 0 saturated carbocycles. The van der Waals surface area contributed by atoms with Crippen molar-refractivity contribution in [2.45, 2.75) is 0 Å². The van der Waals surface area contributed by atoms with Gasteiger partial charge in [-0.2, -0.15) is 4.68 Å². The first-order valence-electron chi connectivity index (χ1n) is 7.29. The highest BCUT2D eigenvalue weighted by molar-refractivity contribution is 6.32. The first kappa shape index (κ1) is 15.9. The number of hydrogen-bond donors (Lipinski definition) is 3. The Morgan fingerprint density at radius 1 is 1.08 bits per heavy atom. The molecule has 9 nitrogen and oxygen atoms in total. The lowest BCUT2D eigenvalue weighted by Crippen LogP contribution is -2.17. The molecule has 1 aromatic carbocycles. The fourth-order valence-electron chi connectivity index (χ4n) is 2.12. The lowest BCUT2D eigenvalue weighted by Gasteiger charge is -2.11. The van der Waals surface area contributed by atoms with E-state index >= 15 is 0 Å². The van der Waals surface area contributed by atoms with Crippen LogP contribution < -0.4 is 16.0 Å². The number of aromatic nitrogens is 6. The third-order valence-corrected chi connectivity index (χ3v) is 3.51. The van der Waals surface area contributed by atoms with Gasteiger partial charge in [0.25, 0.3) is 0 Å². The molecule has 0 saturated heterocycles. The van der Waals surface area contributed by atoms with Crippen molar-refractivity contribution >= 4 is 29.1 Å². The van der Waals surface area contributed by atoms with Crippen molar-refractivity contribution in [2.75, 3.05) is 36.1 Å². The maximum atomic E-state index is 6.01. The topological polar surface area (TPSA) is 105 Å². The Bertz CT molecular complexity index is 790. The Morgan fingerprint density at radius 2 is 1.88 bits per heavy atom. The minimum atomic E-state index is 0.371. The van der Waals surface area contributed by atoms with E-state index in [2.05, 4.69) is 41.4 Å². The molecule has 10 heteroatoms. The van der Waals surface area contributed by atoms with Crippen molar-refractivity contribution in [2.24, 2.45) is 0 Å². The Kier molecular flexibility index (Phi) is 5.02. The second-order valence-electron chi connectivity index (χ2n) is 4.74. The van der Waals surface area contributed by atoms with Crippen molar-refractivity contribution in [3.8, 4) is 5.69 Å². The van der Waals surface area contributed by atoms with Crippen molar-refractivity contribution in [1.82, 2.24) is 30.2 Å². The molecule has 3 rings (SSSR count). The van der Waals surface area contributed by atoms with Crippen molar-refractivity contribution in [3.63, 3.8) is 0 Å². The maximum absolute atomic E-state index is 6.01. The van der Waals surface area contributed by atoms with Gasteiger partial charge in [0.05, 0.1) is 5.69 Å². The summed E-state index contributed by atoms with van der Waals surface area (Å²) in [5, 5.41) is 21.4. The zero-order valence-corrected chi connectivity index (χ0v) is 13.7. The van der Waals surface area contributed by atoms with Crippen molar-refractivity contribution < 1.29 is 0 Å². The van der Waals surface area contributed by atoms with Gasteiger partial charge in [0.2, 0.25) is 5.95 Å². The van der Waals surface area contributed by atoms with Crippen LogP contribution in [0.5, 0.6) is 0 Å². The molecule has 0 radical (unpaired) electrons. The summed E-state index contributed by atoms with van der Waals surface area (Å²) in [6, 6.07) is 9.67. The summed E-state index contributed by atoms with van der Waals surface area (Å²) in [4.78, 5) is 8.10. The van der Waals surface area contributed by atoms with Gasteiger partial charge >= 0.3 is 0 Å². The van der Waals surface area contributed by atoms with E-state index < -0.39 is 0 Å². The Balaban J connectivity index is 1.59. The van der Waals surface area contributed by atoms with E-state index in [9.17, 15) is 0 Å². The van der Waals surface area contributed by atoms with E-state index in [4.69, 9.17) is 11.6 Å². The van der Waals surface area contributed by atoms with Gasteiger partial charge in [0.1, 0.15) is 12.0 Å². The smallest absolute Gasteiger partial charge is 0.247 e. The summed E-state index contributed by atoms with van der Waals surface area (Å²) in [5.41, 5.74) is 1.55. The Labute approximate surface area is 143 Å². The zero-order chi connectivity index (χ0) is 16.8. The van der Waals surface area contributed by atoms with Crippen LogP contribution in [-0.4, -0.2) is 50.3 Å². The molecule has 3 N–H and O–H groups in total. The predicted octanol–water partition coefficient (Wildman–Crippen LogP) is 1.67. The number of anilines is 3. The number of benzene rings is 1.